The molecule has 1 aliphatic heterocycles. The molecule has 1 heterocycles. The van der Waals surface area contributed by atoms with Gasteiger partial charge in [-0.3, -0.25) is 19.8 Å². The lowest BCUT2D eigenvalue weighted by molar-refractivity contribution is -0.388. The van der Waals surface area contributed by atoms with Crippen LogP contribution in [0.2, 0.25) is 0 Å². The molecular weight excluding hydrogens is 341 g/mol. The summed E-state index contributed by atoms with van der Waals surface area (Å²) in [5, 5.41) is 21.4. The van der Waals surface area contributed by atoms with E-state index < -0.39 is 28.6 Å². The number of benzene rings is 1. The van der Waals surface area contributed by atoms with E-state index in [0.29, 0.717) is 6.07 Å². The zero-order chi connectivity index (χ0) is 18.1. The Hall–Kier alpha value is -2.16. The minimum absolute atomic E-state index is 0.149. The van der Waals surface area contributed by atoms with Crippen LogP contribution in [0.5, 0.6) is 0 Å². The van der Waals surface area contributed by atoms with Gasteiger partial charge in [0.05, 0.1) is 4.92 Å². The van der Waals surface area contributed by atoms with Gasteiger partial charge in [-0.1, -0.05) is 0 Å². The van der Waals surface area contributed by atoms with Crippen LogP contribution in [0.1, 0.15) is 24.8 Å². The second-order valence-corrected chi connectivity index (χ2v) is 7.01. The van der Waals surface area contributed by atoms with Crippen molar-refractivity contribution in [1.29, 1.82) is 0 Å². The molecule has 5 atom stereocenters. The highest BCUT2D eigenvalue weighted by Crippen LogP contribution is 2.58. The predicted octanol–water partition coefficient (Wildman–Crippen LogP) is 2.94. The van der Waals surface area contributed by atoms with Gasteiger partial charge >= 0.3 is 6.18 Å². The second-order valence-electron chi connectivity index (χ2n) is 7.01. The number of rotatable bonds is 2. The molecule has 25 heavy (non-hydrogen) atoms. The van der Waals surface area contributed by atoms with Crippen LogP contribution in [0.25, 0.3) is 0 Å². The summed E-state index contributed by atoms with van der Waals surface area (Å²) in [6.07, 6.45) is -3.43. The highest BCUT2D eigenvalue weighted by atomic mass is 19.4. The van der Waals surface area contributed by atoms with Crippen LogP contribution in [0, 0.1) is 33.8 Å². The summed E-state index contributed by atoms with van der Waals surface area (Å²) in [5.41, 5.74) is -2.64. The summed E-state index contributed by atoms with van der Waals surface area (Å²) in [6, 6.07) is 2.42. The summed E-state index contributed by atoms with van der Waals surface area (Å²) < 4.78 is 39.5. The number of fused-ring (bicyclic) bond motifs is 5. The first kappa shape index (κ1) is 16.3. The van der Waals surface area contributed by atoms with Gasteiger partial charge < -0.3 is 5.11 Å². The van der Waals surface area contributed by atoms with Crippen LogP contribution in [0.15, 0.2) is 18.2 Å². The van der Waals surface area contributed by atoms with Crippen LogP contribution in [0.3, 0.4) is 0 Å². The first-order valence-electron chi connectivity index (χ1n) is 8.07. The van der Waals surface area contributed by atoms with Crippen LogP contribution < -0.4 is 4.90 Å². The highest BCUT2D eigenvalue weighted by molar-refractivity contribution is 5.99. The van der Waals surface area contributed by atoms with Crippen molar-refractivity contribution in [2.45, 2.75) is 31.7 Å². The van der Waals surface area contributed by atoms with Crippen molar-refractivity contribution in [3.8, 4) is 0 Å². The summed E-state index contributed by atoms with van der Waals surface area (Å²) >= 11 is 0. The molecule has 0 aromatic heterocycles. The van der Waals surface area contributed by atoms with E-state index in [2.05, 4.69) is 0 Å². The van der Waals surface area contributed by atoms with Gasteiger partial charge in [0.15, 0.2) is 0 Å². The van der Waals surface area contributed by atoms with Crippen LogP contribution >= 0.6 is 0 Å². The number of aliphatic hydroxyl groups is 1. The first-order chi connectivity index (χ1) is 11.7. The number of nitrogens with zero attached hydrogens (tertiary/aromatic N) is 2. The second kappa shape index (κ2) is 5.17. The molecule has 1 amide bonds. The SMILES string of the molecule is O=C1C2C3CCC(C3)C2C(O)N1c1ccc([N+](=O)[O-])c(C(F)(F)F)c1. The molecule has 6 nitrogen and oxygen atoms in total. The summed E-state index contributed by atoms with van der Waals surface area (Å²) in [5.74, 6) is -0.637. The number of nitro benzene ring substituents is 1. The van der Waals surface area contributed by atoms with Crippen molar-refractivity contribution in [2.24, 2.45) is 23.7 Å². The quantitative estimate of drug-likeness (QED) is 0.652. The van der Waals surface area contributed by atoms with Gasteiger partial charge in [-0.25, -0.2) is 0 Å². The number of aliphatic hydroxyl groups excluding tert-OH is 1. The molecule has 134 valence electrons. The number of alkyl halides is 3. The number of anilines is 1. The number of nitro groups is 1. The number of carbonyl (C=O) groups is 1. The van der Waals surface area contributed by atoms with Crippen molar-refractivity contribution in [3.63, 3.8) is 0 Å². The molecule has 9 heteroatoms. The van der Waals surface area contributed by atoms with E-state index in [9.17, 15) is 33.2 Å². The Morgan fingerprint density at radius 2 is 1.92 bits per heavy atom. The molecule has 1 saturated heterocycles. The van der Waals surface area contributed by atoms with Crippen molar-refractivity contribution in [2.75, 3.05) is 4.90 Å². The third-order valence-electron chi connectivity index (χ3n) is 5.87. The molecular formula is C16H15F3N2O4. The molecule has 2 aliphatic carbocycles. The Labute approximate surface area is 140 Å². The monoisotopic (exact) mass is 356 g/mol. The molecule has 2 saturated carbocycles. The Bertz CT molecular complexity index is 766. The van der Waals surface area contributed by atoms with Gasteiger partial charge in [0, 0.05) is 23.6 Å². The summed E-state index contributed by atoms with van der Waals surface area (Å²) in [6.45, 7) is 0. The maximum atomic E-state index is 13.2. The number of hydrogen-bond donors (Lipinski definition) is 1. The van der Waals surface area contributed by atoms with Crippen molar-refractivity contribution in [1.82, 2.24) is 0 Å². The average molecular weight is 356 g/mol. The van der Waals surface area contributed by atoms with Gasteiger partial charge in [-0.2, -0.15) is 13.2 Å². The molecule has 0 radical (unpaired) electrons. The van der Waals surface area contributed by atoms with Crippen LogP contribution in [0.4, 0.5) is 24.5 Å². The third-order valence-corrected chi connectivity index (χ3v) is 5.87. The number of halogens is 3. The van der Waals surface area contributed by atoms with E-state index in [1.807, 2.05) is 0 Å². The molecule has 3 fully saturated rings. The molecule has 4 rings (SSSR count). The summed E-state index contributed by atoms with van der Waals surface area (Å²) in [4.78, 5) is 23.5. The number of amides is 1. The fourth-order valence-corrected chi connectivity index (χ4v) is 4.93. The summed E-state index contributed by atoms with van der Waals surface area (Å²) in [7, 11) is 0. The lowest BCUT2D eigenvalue weighted by atomic mass is 9.81. The topological polar surface area (TPSA) is 83.7 Å². The van der Waals surface area contributed by atoms with Crippen molar-refractivity contribution in [3.05, 3.63) is 33.9 Å². The highest BCUT2D eigenvalue weighted by Gasteiger charge is 2.60. The Balaban J connectivity index is 1.75. The van der Waals surface area contributed by atoms with Gasteiger partial charge in [-0.15, -0.1) is 0 Å². The molecule has 3 aliphatic rings. The number of hydrogen-bond acceptors (Lipinski definition) is 4. The van der Waals surface area contributed by atoms with Crippen LogP contribution in [-0.2, 0) is 11.0 Å². The smallest absolute Gasteiger partial charge is 0.373 e. The molecule has 2 bridgehead atoms. The fraction of sp³-hybridized carbons (Fsp3) is 0.562. The van der Waals surface area contributed by atoms with Gasteiger partial charge in [0.25, 0.3) is 5.69 Å². The van der Waals surface area contributed by atoms with Crippen LogP contribution in [-0.4, -0.2) is 22.2 Å². The van der Waals surface area contributed by atoms with Gasteiger partial charge in [0.2, 0.25) is 5.91 Å². The molecule has 0 spiro atoms. The van der Waals surface area contributed by atoms with E-state index in [1.54, 1.807) is 0 Å². The lowest BCUT2D eigenvalue weighted by Crippen LogP contribution is -2.37. The third kappa shape index (κ3) is 2.25. The normalized spacial score (nSPS) is 33.8. The lowest BCUT2D eigenvalue weighted by Gasteiger charge is -2.26. The Morgan fingerprint density at radius 3 is 2.52 bits per heavy atom. The van der Waals surface area contributed by atoms with E-state index in [-0.39, 0.29) is 35.3 Å². The Kier molecular flexibility index (Phi) is 3.37. The van der Waals surface area contributed by atoms with E-state index >= 15 is 0 Å². The Morgan fingerprint density at radius 1 is 1.24 bits per heavy atom. The minimum atomic E-state index is -4.93. The maximum absolute atomic E-state index is 13.2. The number of carbonyl (C=O) groups excluding carboxylic acids is 1. The van der Waals surface area contributed by atoms with Crippen molar-refractivity contribution >= 4 is 17.3 Å². The van der Waals surface area contributed by atoms with Crippen molar-refractivity contribution < 1.29 is 28.0 Å². The minimum Gasteiger partial charge on any atom is -0.373 e. The zero-order valence-electron chi connectivity index (χ0n) is 12.9. The van der Waals surface area contributed by atoms with Gasteiger partial charge in [-0.05, 0) is 43.2 Å². The maximum Gasteiger partial charge on any atom is 0.423 e. The molecule has 1 aromatic rings. The average Bonchev–Trinajstić information content (AvgIpc) is 3.20. The first-order valence-corrected chi connectivity index (χ1v) is 8.07. The standard InChI is InChI=1S/C16H15F3N2O4/c17-16(18,19)10-6-9(3-4-11(10)21(24)25)20-14(22)12-7-1-2-8(5-7)13(12)15(20)23/h3-4,6-8,12-14,22H,1-2,5H2. The van der Waals surface area contributed by atoms with E-state index in [1.165, 1.54) is 0 Å². The molecule has 1 aromatic carbocycles. The van der Waals surface area contributed by atoms with Gasteiger partial charge in [0.1, 0.15) is 11.8 Å². The fourth-order valence-electron chi connectivity index (χ4n) is 4.93. The molecule has 5 unspecified atom stereocenters. The zero-order valence-corrected chi connectivity index (χ0v) is 12.9. The predicted molar refractivity (Wildman–Crippen MR) is 79.4 cm³/mol. The largest absolute Gasteiger partial charge is 0.423 e. The van der Waals surface area contributed by atoms with E-state index in [0.717, 1.165) is 36.3 Å². The molecule has 1 N–H and O–H groups in total. The van der Waals surface area contributed by atoms with E-state index in [4.69, 9.17) is 0 Å².